The van der Waals surface area contributed by atoms with Crippen LogP contribution in [0.15, 0.2) is 12.3 Å². The highest BCUT2D eigenvalue weighted by atomic mass is 15.3. The van der Waals surface area contributed by atoms with Crippen LogP contribution >= 0.6 is 0 Å². The highest BCUT2D eigenvalue weighted by Crippen LogP contribution is 2.17. The fourth-order valence-corrected chi connectivity index (χ4v) is 2.08. The van der Waals surface area contributed by atoms with Gasteiger partial charge in [0.25, 0.3) is 0 Å². The van der Waals surface area contributed by atoms with Crippen LogP contribution in [0.3, 0.4) is 0 Å². The largest absolute Gasteiger partial charge is 0.330 e. The van der Waals surface area contributed by atoms with Crippen molar-refractivity contribution in [2.75, 3.05) is 19.6 Å². The number of rotatable bonds is 5. The van der Waals surface area contributed by atoms with Crippen LogP contribution in [-0.4, -0.2) is 34.3 Å². The molecule has 16 heavy (non-hydrogen) atoms. The minimum absolute atomic E-state index is 0.502. The Labute approximate surface area is 97.4 Å². The molecule has 0 radical (unpaired) electrons. The Bertz CT molecular complexity index is 328. The van der Waals surface area contributed by atoms with Crippen molar-refractivity contribution >= 4 is 0 Å². The Morgan fingerprint density at radius 1 is 1.56 bits per heavy atom. The van der Waals surface area contributed by atoms with E-state index in [1.54, 1.807) is 0 Å². The van der Waals surface area contributed by atoms with Gasteiger partial charge in [-0.05, 0) is 31.9 Å². The lowest BCUT2D eigenvalue weighted by molar-refractivity contribution is 0.0961. The maximum atomic E-state index is 5.60. The average Bonchev–Trinajstić information content (AvgIpc) is 2.70. The Kier molecular flexibility index (Phi) is 3.61. The van der Waals surface area contributed by atoms with E-state index < -0.39 is 0 Å². The number of aromatic nitrogens is 2. The van der Waals surface area contributed by atoms with E-state index in [9.17, 15) is 0 Å². The summed E-state index contributed by atoms with van der Waals surface area (Å²) < 4.78 is 2.07. The molecule has 2 N–H and O–H groups in total. The van der Waals surface area contributed by atoms with Gasteiger partial charge < -0.3 is 5.73 Å². The van der Waals surface area contributed by atoms with Crippen LogP contribution in [0.1, 0.15) is 32.0 Å². The van der Waals surface area contributed by atoms with Gasteiger partial charge in [-0.1, -0.05) is 6.92 Å². The molecule has 1 aliphatic rings. The number of hydrogen-bond acceptors (Lipinski definition) is 3. The molecule has 0 bridgehead atoms. The normalized spacial score (nSPS) is 19.7. The molecule has 1 fully saturated rings. The van der Waals surface area contributed by atoms with Crippen LogP contribution in [-0.2, 0) is 6.54 Å². The summed E-state index contributed by atoms with van der Waals surface area (Å²) in [6, 6.07) is 2.63. The van der Waals surface area contributed by atoms with Crippen LogP contribution in [0.5, 0.6) is 0 Å². The topological polar surface area (TPSA) is 47.1 Å². The van der Waals surface area contributed by atoms with Gasteiger partial charge in [0.2, 0.25) is 0 Å². The zero-order valence-electron chi connectivity index (χ0n) is 10.3. The first kappa shape index (κ1) is 11.6. The average molecular weight is 222 g/mol. The van der Waals surface area contributed by atoms with E-state index in [2.05, 4.69) is 40.8 Å². The summed E-state index contributed by atoms with van der Waals surface area (Å²) in [4.78, 5) is 2.40. The van der Waals surface area contributed by atoms with Crippen molar-refractivity contribution in [3.05, 3.63) is 18.0 Å². The van der Waals surface area contributed by atoms with Gasteiger partial charge in [0.1, 0.15) is 0 Å². The molecule has 1 atom stereocenters. The third kappa shape index (κ3) is 2.44. The van der Waals surface area contributed by atoms with E-state index in [4.69, 9.17) is 5.73 Å². The first-order valence-electron chi connectivity index (χ1n) is 6.19. The lowest BCUT2D eigenvalue weighted by Gasteiger charge is -2.38. The lowest BCUT2D eigenvalue weighted by atomic mass is 10.0. The lowest BCUT2D eigenvalue weighted by Crippen LogP contribution is -2.49. The van der Waals surface area contributed by atoms with Gasteiger partial charge in [0, 0.05) is 31.9 Å². The summed E-state index contributed by atoms with van der Waals surface area (Å²) in [6.07, 6.45) is 3.21. The second-order valence-corrected chi connectivity index (χ2v) is 4.84. The van der Waals surface area contributed by atoms with Crippen LogP contribution in [0.25, 0.3) is 0 Å². The van der Waals surface area contributed by atoms with Gasteiger partial charge >= 0.3 is 0 Å². The molecular weight excluding hydrogens is 200 g/mol. The highest BCUT2D eigenvalue weighted by Gasteiger charge is 2.25. The molecule has 2 heterocycles. The molecule has 0 spiro atoms. The summed E-state index contributed by atoms with van der Waals surface area (Å²) in [5, 5.41) is 4.60. The van der Waals surface area contributed by atoms with E-state index in [-0.39, 0.29) is 0 Å². The molecule has 1 aliphatic heterocycles. The summed E-state index contributed by atoms with van der Waals surface area (Å²) in [7, 11) is 0. The highest BCUT2D eigenvalue weighted by molar-refractivity contribution is 5.01. The quantitative estimate of drug-likeness (QED) is 0.815. The molecule has 0 amide bonds. The number of nitrogens with two attached hydrogens (primary N) is 1. The monoisotopic (exact) mass is 222 g/mol. The van der Waals surface area contributed by atoms with Crippen LogP contribution in [0, 0.1) is 5.92 Å². The number of likely N-dealkylation sites (tertiary alicyclic amines) is 1. The zero-order chi connectivity index (χ0) is 11.5. The van der Waals surface area contributed by atoms with Gasteiger partial charge in [0.05, 0.1) is 5.69 Å². The Hall–Kier alpha value is -0.870. The summed E-state index contributed by atoms with van der Waals surface area (Å²) in [5.41, 5.74) is 6.78. The van der Waals surface area contributed by atoms with E-state index >= 15 is 0 Å². The predicted octanol–water partition coefficient (Wildman–Crippen LogP) is 1.24. The van der Waals surface area contributed by atoms with Crippen molar-refractivity contribution in [3.63, 3.8) is 0 Å². The molecule has 0 aromatic carbocycles. The van der Waals surface area contributed by atoms with Gasteiger partial charge in [-0.25, -0.2) is 0 Å². The first-order valence-corrected chi connectivity index (χ1v) is 6.19. The van der Waals surface area contributed by atoms with E-state index in [0.29, 0.717) is 12.0 Å². The smallest absolute Gasteiger partial charge is 0.0764 e. The molecule has 90 valence electrons. The van der Waals surface area contributed by atoms with Gasteiger partial charge in [0.15, 0.2) is 0 Å². The maximum Gasteiger partial charge on any atom is 0.0764 e. The molecule has 1 aromatic rings. The third-order valence-corrected chi connectivity index (χ3v) is 3.46. The molecule has 1 unspecified atom stereocenters. The molecular formula is C12H22N4. The van der Waals surface area contributed by atoms with Gasteiger partial charge in [-0.3, -0.25) is 9.58 Å². The van der Waals surface area contributed by atoms with Gasteiger partial charge in [-0.2, -0.15) is 5.10 Å². The van der Waals surface area contributed by atoms with Crippen molar-refractivity contribution in [3.8, 4) is 0 Å². The molecule has 2 rings (SSSR count). The summed E-state index contributed by atoms with van der Waals surface area (Å²) in [6.45, 7) is 8.44. The number of nitrogens with zero attached hydrogens (tertiary/aromatic N) is 3. The third-order valence-electron chi connectivity index (χ3n) is 3.46. The summed E-state index contributed by atoms with van der Waals surface area (Å²) >= 11 is 0. The molecule has 1 aromatic heterocycles. The molecule has 0 aliphatic carbocycles. The molecule has 1 saturated heterocycles. The van der Waals surface area contributed by atoms with Crippen molar-refractivity contribution in [1.29, 1.82) is 0 Å². The van der Waals surface area contributed by atoms with Crippen molar-refractivity contribution in [2.24, 2.45) is 11.7 Å². The SMILES string of the molecule is CCC(C)n1ccc(CN2CC(CN)C2)n1. The van der Waals surface area contributed by atoms with E-state index in [0.717, 1.165) is 32.6 Å². The van der Waals surface area contributed by atoms with Crippen molar-refractivity contribution < 1.29 is 0 Å². The first-order chi connectivity index (χ1) is 7.72. The second-order valence-electron chi connectivity index (χ2n) is 4.84. The van der Waals surface area contributed by atoms with Crippen LogP contribution < -0.4 is 5.73 Å². The van der Waals surface area contributed by atoms with Crippen molar-refractivity contribution in [1.82, 2.24) is 14.7 Å². The second kappa shape index (κ2) is 4.97. The Balaban J connectivity index is 1.84. The molecule has 4 heteroatoms. The molecule has 0 saturated carbocycles. The minimum Gasteiger partial charge on any atom is -0.330 e. The van der Waals surface area contributed by atoms with Crippen LogP contribution in [0.2, 0.25) is 0 Å². The maximum absolute atomic E-state index is 5.60. The van der Waals surface area contributed by atoms with Crippen molar-refractivity contribution in [2.45, 2.75) is 32.9 Å². The zero-order valence-corrected chi connectivity index (χ0v) is 10.3. The minimum atomic E-state index is 0.502. The standard InChI is InChI=1S/C12H22N4/c1-3-10(2)16-5-4-12(14-16)9-15-7-11(6-13)8-15/h4-5,10-11H,3,6-9,13H2,1-2H3. The predicted molar refractivity (Wildman–Crippen MR) is 65.1 cm³/mol. The summed E-state index contributed by atoms with van der Waals surface area (Å²) in [5.74, 6) is 0.705. The Morgan fingerprint density at radius 3 is 2.94 bits per heavy atom. The van der Waals surface area contributed by atoms with E-state index in [1.807, 2.05) is 0 Å². The Morgan fingerprint density at radius 2 is 2.31 bits per heavy atom. The van der Waals surface area contributed by atoms with Crippen LogP contribution in [0.4, 0.5) is 0 Å². The fourth-order valence-electron chi connectivity index (χ4n) is 2.08. The van der Waals surface area contributed by atoms with Gasteiger partial charge in [-0.15, -0.1) is 0 Å². The number of hydrogen-bond donors (Lipinski definition) is 1. The van der Waals surface area contributed by atoms with E-state index in [1.165, 1.54) is 5.69 Å². The molecule has 4 nitrogen and oxygen atoms in total. The fraction of sp³-hybridized carbons (Fsp3) is 0.750.